The van der Waals surface area contributed by atoms with Crippen molar-refractivity contribution in [2.45, 2.75) is 88.0 Å². The standard InChI is InChI=1S/C26H38N10O10P2S2Si/c1-26(2,3)51(4,5)46-19-18-13(43-25(19)36-11-34-15-21(28)30-9-32-23(15)36)7-41-47(38,49)44-17-12(6-40-48(39,50)45-18)42-24(16(17)37)35-10-33-14-20(27)29-8-31-22(14)35/h8-13,16-19,24-25,37H,6-7H2,1-5H3,(H,38,49)(H,39,50)(H2,27,29,31)(H2,28,30,32)/t12-,13-,16-,17-,18-,19-,24-,25-,47?,48?/m1/s1. The van der Waals surface area contributed by atoms with Gasteiger partial charge in [-0.15, -0.1) is 0 Å². The van der Waals surface area contributed by atoms with Crippen LogP contribution in [-0.2, 0) is 55.6 Å². The highest BCUT2D eigenvalue weighted by Crippen LogP contribution is 2.55. The van der Waals surface area contributed by atoms with Crippen LogP contribution in [0.3, 0.4) is 0 Å². The number of rotatable bonds is 4. The van der Waals surface area contributed by atoms with Gasteiger partial charge in [-0.3, -0.25) is 18.2 Å². The molecule has 0 aliphatic carbocycles. The molecule has 25 heteroatoms. The first kappa shape index (κ1) is 37.1. The largest absolute Gasteiger partial charge is 0.407 e. The van der Waals surface area contributed by atoms with Gasteiger partial charge in [0.25, 0.3) is 0 Å². The Kier molecular flexibility index (Phi) is 9.68. The number of nitrogens with zero attached hydrogens (tertiary/aromatic N) is 8. The zero-order chi connectivity index (χ0) is 36.7. The predicted molar refractivity (Wildman–Crippen MR) is 190 cm³/mol. The van der Waals surface area contributed by atoms with Gasteiger partial charge in [-0.25, -0.2) is 29.9 Å². The van der Waals surface area contributed by atoms with Crippen molar-refractivity contribution in [3.05, 3.63) is 25.3 Å². The van der Waals surface area contributed by atoms with Gasteiger partial charge in [0.2, 0.25) is 0 Å². The number of nitrogen functional groups attached to an aromatic ring is 2. The molecule has 278 valence electrons. The molecule has 3 fully saturated rings. The Labute approximate surface area is 302 Å². The number of hydrogen-bond acceptors (Lipinski definition) is 18. The van der Waals surface area contributed by atoms with Crippen LogP contribution in [0.15, 0.2) is 25.3 Å². The molecule has 10 atom stereocenters. The number of imidazole rings is 2. The van der Waals surface area contributed by atoms with Crippen LogP contribution in [0.2, 0.25) is 18.1 Å². The number of aliphatic hydroxyl groups is 1. The lowest BCUT2D eigenvalue weighted by Crippen LogP contribution is -2.49. The fraction of sp³-hybridized carbons (Fsp3) is 0.615. The van der Waals surface area contributed by atoms with E-state index in [1.165, 1.54) is 29.9 Å². The highest BCUT2D eigenvalue weighted by atomic mass is 32.5. The van der Waals surface area contributed by atoms with Gasteiger partial charge in [0.05, 0.1) is 25.9 Å². The lowest BCUT2D eigenvalue weighted by atomic mass is 10.1. The first-order valence-electron chi connectivity index (χ1n) is 15.7. The van der Waals surface area contributed by atoms with E-state index in [1.54, 1.807) is 4.57 Å². The van der Waals surface area contributed by atoms with E-state index in [0.717, 1.165) is 0 Å². The normalized spacial score (nSPS) is 35.4. The average molecular weight is 805 g/mol. The predicted octanol–water partition coefficient (Wildman–Crippen LogP) is 1.63. The minimum atomic E-state index is -4.14. The zero-order valence-corrected chi connectivity index (χ0v) is 32.4. The van der Waals surface area contributed by atoms with Crippen LogP contribution < -0.4 is 11.5 Å². The van der Waals surface area contributed by atoms with E-state index in [1.807, 2.05) is 13.1 Å². The van der Waals surface area contributed by atoms with Crippen molar-refractivity contribution in [3.8, 4) is 0 Å². The van der Waals surface area contributed by atoms with Crippen molar-refractivity contribution in [2.75, 3.05) is 24.7 Å². The molecule has 0 bridgehead atoms. The van der Waals surface area contributed by atoms with Gasteiger partial charge in [0, 0.05) is 0 Å². The minimum absolute atomic E-state index is 0.124. The minimum Gasteiger partial charge on any atom is -0.407 e. The summed E-state index contributed by atoms with van der Waals surface area (Å²) < 4.78 is 46.4. The molecule has 3 saturated heterocycles. The second kappa shape index (κ2) is 13.3. The summed E-state index contributed by atoms with van der Waals surface area (Å²) in [6, 6.07) is 0. The van der Waals surface area contributed by atoms with Crippen LogP contribution in [0.1, 0.15) is 33.2 Å². The number of nitrogens with two attached hydrogens (primary N) is 2. The first-order valence-corrected chi connectivity index (χ1v) is 23.8. The lowest BCUT2D eigenvalue weighted by molar-refractivity contribution is -0.0592. The molecule has 0 radical (unpaired) electrons. The van der Waals surface area contributed by atoms with Gasteiger partial charge in [0.15, 0.2) is 43.7 Å². The fourth-order valence-electron chi connectivity index (χ4n) is 5.87. The van der Waals surface area contributed by atoms with Gasteiger partial charge in [-0.05, 0) is 41.7 Å². The van der Waals surface area contributed by atoms with E-state index >= 15 is 0 Å². The smallest absolute Gasteiger partial charge is 0.325 e. The molecular formula is C26H38N10O10P2S2Si. The molecule has 2 unspecified atom stereocenters. The average Bonchev–Trinajstić information content (AvgIpc) is 3.80. The number of aliphatic hydroxyl groups excluding tert-OH is 1. The maximum Gasteiger partial charge on any atom is 0.325 e. The SMILES string of the molecule is CC(C)(C)[Si](C)(C)O[C@@H]1[C@@H]2OP(O)(=S)OC[C@H]3O[C@@H](n4cnc5c(N)ncnc54)[C@H](O)[C@@H]3OP(O)(=S)OC[C@H]2O[C@H]1n1cnc2c(N)ncnc21. The summed E-state index contributed by atoms with van der Waals surface area (Å²) in [5, 5.41) is 11.2. The Morgan fingerprint density at radius 2 is 1.27 bits per heavy atom. The van der Waals surface area contributed by atoms with Crippen molar-refractivity contribution in [3.63, 3.8) is 0 Å². The topological polar surface area (TPSA) is 265 Å². The summed E-state index contributed by atoms with van der Waals surface area (Å²) in [7, 11) is -2.60. The summed E-state index contributed by atoms with van der Waals surface area (Å²) in [6.07, 6.45) is -3.73. The molecule has 51 heavy (non-hydrogen) atoms. The Hall–Kier alpha value is -2.18. The van der Waals surface area contributed by atoms with Crippen LogP contribution in [0, 0.1) is 0 Å². The van der Waals surface area contributed by atoms with Crippen LogP contribution in [0.4, 0.5) is 11.6 Å². The maximum atomic E-state index is 11.5. The molecule has 4 aromatic heterocycles. The maximum absolute atomic E-state index is 11.5. The Morgan fingerprint density at radius 1 is 0.804 bits per heavy atom. The molecule has 20 nitrogen and oxygen atoms in total. The van der Waals surface area contributed by atoms with Crippen LogP contribution in [0.5, 0.6) is 0 Å². The second-order valence-corrected chi connectivity index (χ2v) is 24.1. The molecule has 4 aromatic rings. The van der Waals surface area contributed by atoms with Crippen molar-refractivity contribution in [1.82, 2.24) is 39.0 Å². The molecule has 7 rings (SSSR count). The molecular weight excluding hydrogens is 767 g/mol. The summed E-state index contributed by atoms with van der Waals surface area (Å²) in [4.78, 5) is 48.0. The highest BCUT2D eigenvalue weighted by Gasteiger charge is 2.55. The quantitative estimate of drug-likeness (QED) is 0.145. The van der Waals surface area contributed by atoms with Crippen LogP contribution >= 0.6 is 13.4 Å². The lowest BCUT2D eigenvalue weighted by Gasteiger charge is -2.41. The van der Waals surface area contributed by atoms with E-state index in [4.69, 9.17) is 67.1 Å². The number of aromatic nitrogens is 8. The summed E-state index contributed by atoms with van der Waals surface area (Å²) in [6.45, 7) is 1.20. The molecule has 7 N–H and O–H groups in total. The fourth-order valence-corrected chi connectivity index (χ4v) is 10.0. The molecule has 0 saturated carbocycles. The van der Waals surface area contributed by atoms with Gasteiger partial charge < -0.3 is 49.3 Å². The van der Waals surface area contributed by atoms with Gasteiger partial charge in [-0.2, -0.15) is 0 Å². The monoisotopic (exact) mass is 804 g/mol. The third-order valence-electron chi connectivity index (χ3n) is 9.47. The Balaban J connectivity index is 1.23. The molecule has 3 aliphatic rings. The molecule has 7 heterocycles. The highest BCUT2D eigenvalue weighted by molar-refractivity contribution is 8.07. The van der Waals surface area contributed by atoms with Gasteiger partial charge in [-0.1, -0.05) is 20.8 Å². The van der Waals surface area contributed by atoms with E-state index in [2.05, 4.69) is 50.7 Å². The number of fused-ring (bicyclic) bond motifs is 4. The van der Waals surface area contributed by atoms with Crippen LogP contribution in [0.25, 0.3) is 22.3 Å². The number of anilines is 2. The van der Waals surface area contributed by atoms with Gasteiger partial charge in [0.1, 0.15) is 60.3 Å². The van der Waals surface area contributed by atoms with E-state index < -0.39 is 84.0 Å². The van der Waals surface area contributed by atoms with E-state index in [-0.39, 0.29) is 27.8 Å². The molecule has 0 aromatic carbocycles. The molecule has 3 aliphatic heterocycles. The Morgan fingerprint density at radius 3 is 1.80 bits per heavy atom. The first-order chi connectivity index (χ1) is 23.9. The summed E-state index contributed by atoms with van der Waals surface area (Å²) >= 11 is 10.9. The Bertz CT molecular complexity index is 2050. The van der Waals surface area contributed by atoms with Crippen molar-refractivity contribution >= 4 is 79.3 Å². The molecule has 0 amide bonds. The van der Waals surface area contributed by atoms with E-state index in [0.29, 0.717) is 11.2 Å². The van der Waals surface area contributed by atoms with Crippen molar-refractivity contribution < 1.29 is 46.9 Å². The number of ether oxygens (including phenoxy) is 2. The summed E-state index contributed by atoms with van der Waals surface area (Å²) in [5.41, 5.74) is 13.3. The third kappa shape index (κ3) is 6.99. The van der Waals surface area contributed by atoms with Gasteiger partial charge >= 0.3 is 13.4 Å². The van der Waals surface area contributed by atoms with Crippen LogP contribution in [-0.4, -0.2) is 112 Å². The van der Waals surface area contributed by atoms with E-state index in [9.17, 15) is 14.9 Å². The third-order valence-corrected chi connectivity index (χ3v) is 17.1. The van der Waals surface area contributed by atoms with Crippen molar-refractivity contribution in [1.29, 1.82) is 0 Å². The second-order valence-electron chi connectivity index (χ2n) is 13.8. The summed E-state index contributed by atoms with van der Waals surface area (Å²) in [5.74, 6) is 0.289. The van der Waals surface area contributed by atoms with Crippen molar-refractivity contribution in [2.24, 2.45) is 0 Å². The number of hydrogen-bond donors (Lipinski definition) is 5. The molecule has 0 spiro atoms. The zero-order valence-electron chi connectivity index (χ0n) is 28.0.